The van der Waals surface area contributed by atoms with Crippen LogP contribution in [0.5, 0.6) is 0 Å². The summed E-state index contributed by atoms with van der Waals surface area (Å²) in [6, 6.07) is 21.8. The van der Waals surface area contributed by atoms with Gasteiger partial charge in [-0.2, -0.15) is 0 Å². The van der Waals surface area contributed by atoms with Gasteiger partial charge >= 0.3 is 6.03 Å². The monoisotopic (exact) mass is 494 g/mol. The normalized spacial score (nSPS) is 10.4. The molecule has 0 bridgehead atoms. The van der Waals surface area contributed by atoms with E-state index in [2.05, 4.69) is 47.1 Å². The Morgan fingerprint density at radius 1 is 0.871 bits per heavy atom. The Hall–Kier alpha value is -3.49. The molecule has 2 heterocycles. The minimum absolute atomic E-state index is 0.338. The maximum Gasteiger partial charge on any atom is 0.324 e. The van der Waals surface area contributed by atoms with E-state index >= 15 is 0 Å². The molecule has 2 aromatic carbocycles. The maximum atomic E-state index is 12.5. The Morgan fingerprint density at radius 3 is 2.32 bits per heavy atom. The van der Waals surface area contributed by atoms with Crippen LogP contribution in [0.2, 0.25) is 5.02 Å². The Kier molecular flexibility index (Phi) is 6.40. The summed E-state index contributed by atoms with van der Waals surface area (Å²) in [7, 11) is 0. The predicted octanol–water partition coefficient (Wildman–Crippen LogP) is 6.34. The number of carbonyl (C=O) groups excluding carboxylic acids is 1. The summed E-state index contributed by atoms with van der Waals surface area (Å²) in [4.78, 5) is 16.8. The number of halogens is 2. The molecule has 7 nitrogen and oxygen atoms in total. The highest BCUT2D eigenvalue weighted by Gasteiger charge is 2.10. The van der Waals surface area contributed by atoms with Crippen molar-refractivity contribution in [3.63, 3.8) is 0 Å². The van der Waals surface area contributed by atoms with Crippen molar-refractivity contribution in [2.45, 2.75) is 0 Å². The summed E-state index contributed by atoms with van der Waals surface area (Å²) in [6.07, 6.45) is 1.54. The number of pyridine rings is 1. The summed E-state index contributed by atoms with van der Waals surface area (Å²) in [5.74, 6) is 0.908. The highest BCUT2D eigenvalue weighted by molar-refractivity contribution is 9.10. The fraction of sp³-hybridized carbons (Fsp3) is 0. The first kappa shape index (κ1) is 20.8. The number of carbonyl (C=O) groups is 1. The molecular formula is C22H16BrClN6O. The molecule has 0 aliphatic rings. The fourth-order valence-electron chi connectivity index (χ4n) is 2.77. The second-order valence-corrected chi connectivity index (χ2v) is 7.69. The van der Waals surface area contributed by atoms with Gasteiger partial charge in [-0.25, -0.2) is 9.78 Å². The minimum atomic E-state index is -0.445. The van der Waals surface area contributed by atoms with E-state index < -0.39 is 6.03 Å². The van der Waals surface area contributed by atoms with Crippen LogP contribution >= 0.6 is 27.5 Å². The first-order valence-corrected chi connectivity index (χ1v) is 10.4. The number of amides is 2. The van der Waals surface area contributed by atoms with Crippen LogP contribution in [-0.2, 0) is 0 Å². The van der Waals surface area contributed by atoms with Gasteiger partial charge in [0.25, 0.3) is 0 Å². The average molecular weight is 496 g/mol. The summed E-state index contributed by atoms with van der Waals surface area (Å²) < 4.78 is 0.702. The number of para-hydroxylation sites is 2. The van der Waals surface area contributed by atoms with Crippen LogP contribution in [0.15, 0.2) is 83.5 Å². The third-order valence-corrected chi connectivity index (χ3v) is 5.02. The lowest BCUT2D eigenvalue weighted by molar-refractivity contribution is 0.262. The zero-order valence-electron chi connectivity index (χ0n) is 16.0. The lowest BCUT2D eigenvalue weighted by Gasteiger charge is -2.14. The van der Waals surface area contributed by atoms with Crippen molar-refractivity contribution in [3.8, 4) is 11.3 Å². The number of aromatic nitrogens is 3. The first-order chi connectivity index (χ1) is 15.1. The quantitative estimate of drug-likeness (QED) is 0.300. The number of nitrogens with zero attached hydrogens (tertiary/aromatic N) is 3. The van der Waals surface area contributed by atoms with E-state index in [1.165, 1.54) is 6.20 Å². The van der Waals surface area contributed by atoms with Gasteiger partial charge in [-0.3, -0.25) is 5.32 Å². The number of hydrogen-bond acceptors (Lipinski definition) is 5. The van der Waals surface area contributed by atoms with E-state index in [1.807, 2.05) is 48.5 Å². The fourth-order valence-corrected chi connectivity index (χ4v) is 3.50. The number of anilines is 4. The molecule has 4 rings (SSSR count). The zero-order chi connectivity index (χ0) is 21.6. The van der Waals surface area contributed by atoms with Gasteiger partial charge in [0.15, 0.2) is 5.82 Å². The van der Waals surface area contributed by atoms with E-state index in [4.69, 9.17) is 11.6 Å². The second kappa shape index (κ2) is 9.55. The molecule has 0 atom stereocenters. The third kappa shape index (κ3) is 5.36. The molecule has 0 saturated heterocycles. The number of hydrogen-bond donors (Lipinski definition) is 3. The Bertz CT molecular complexity index is 1200. The highest BCUT2D eigenvalue weighted by Crippen LogP contribution is 2.30. The van der Waals surface area contributed by atoms with Gasteiger partial charge < -0.3 is 10.6 Å². The first-order valence-electron chi connectivity index (χ1n) is 9.23. The molecule has 3 N–H and O–H groups in total. The Balaban J connectivity index is 1.44. The lowest BCUT2D eigenvalue weighted by atomic mass is 10.1. The van der Waals surface area contributed by atoms with E-state index in [-0.39, 0.29) is 0 Å². The smallest absolute Gasteiger partial charge is 0.324 e. The van der Waals surface area contributed by atoms with Crippen molar-refractivity contribution >= 4 is 56.6 Å². The van der Waals surface area contributed by atoms with Crippen LogP contribution in [-0.4, -0.2) is 21.2 Å². The van der Waals surface area contributed by atoms with Crippen molar-refractivity contribution in [2.75, 3.05) is 16.0 Å². The van der Waals surface area contributed by atoms with E-state index in [0.29, 0.717) is 32.5 Å². The summed E-state index contributed by atoms with van der Waals surface area (Å²) in [5.41, 5.74) is 2.91. The van der Waals surface area contributed by atoms with Gasteiger partial charge in [-0.05, 0) is 46.3 Å². The molecule has 0 saturated carbocycles. The van der Waals surface area contributed by atoms with Crippen LogP contribution in [0.25, 0.3) is 11.3 Å². The lowest BCUT2D eigenvalue weighted by Crippen LogP contribution is -2.21. The van der Waals surface area contributed by atoms with Crippen LogP contribution in [0.4, 0.5) is 27.8 Å². The summed E-state index contributed by atoms with van der Waals surface area (Å²) >= 11 is 9.37. The van der Waals surface area contributed by atoms with Crippen LogP contribution in [0.1, 0.15) is 0 Å². The molecule has 0 radical (unpaired) electrons. The molecule has 2 aromatic heterocycles. The van der Waals surface area contributed by atoms with Gasteiger partial charge in [-0.1, -0.05) is 54.1 Å². The van der Waals surface area contributed by atoms with Gasteiger partial charge in [0, 0.05) is 11.8 Å². The van der Waals surface area contributed by atoms with Crippen molar-refractivity contribution in [2.24, 2.45) is 0 Å². The molecule has 0 aliphatic carbocycles. The number of nitrogens with one attached hydrogen (secondary N) is 3. The minimum Gasteiger partial charge on any atom is -0.338 e. The predicted molar refractivity (Wildman–Crippen MR) is 127 cm³/mol. The largest absolute Gasteiger partial charge is 0.338 e. The molecule has 4 aromatic rings. The Morgan fingerprint density at radius 2 is 1.61 bits per heavy atom. The Labute approximate surface area is 192 Å². The molecule has 0 aliphatic heterocycles. The molecule has 0 spiro atoms. The summed E-state index contributed by atoms with van der Waals surface area (Å²) in [6.45, 7) is 0. The molecule has 9 heteroatoms. The van der Waals surface area contributed by atoms with Gasteiger partial charge in [0.2, 0.25) is 0 Å². The molecule has 154 valence electrons. The van der Waals surface area contributed by atoms with E-state index in [0.717, 1.165) is 11.3 Å². The topological polar surface area (TPSA) is 91.8 Å². The maximum absolute atomic E-state index is 12.5. The zero-order valence-corrected chi connectivity index (χ0v) is 18.4. The highest BCUT2D eigenvalue weighted by atomic mass is 79.9. The van der Waals surface area contributed by atoms with Gasteiger partial charge in [-0.15, -0.1) is 10.2 Å². The van der Waals surface area contributed by atoms with Crippen molar-refractivity contribution in [1.82, 2.24) is 15.2 Å². The van der Waals surface area contributed by atoms with Gasteiger partial charge in [0.05, 0.1) is 26.6 Å². The SMILES string of the molecule is O=C(Nc1ccc(-c2ccccc2)nn1)Nc1ccccc1Nc1ncc(Cl)cc1Br. The van der Waals surface area contributed by atoms with Crippen molar-refractivity contribution in [3.05, 3.63) is 88.5 Å². The molecule has 31 heavy (non-hydrogen) atoms. The summed E-state index contributed by atoms with van der Waals surface area (Å²) in [5, 5.41) is 17.4. The van der Waals surface area contributed by atoms with Crippen LogP contribution in [0.3, 0.4) is 0 Å². The second-order valence-electron chi connectivity index (χ2n) is 6.40. The van der Waals surface area contributed by atoms with E-state index in [1.54, 1.807) is 24.3 Å². The molecule has 0 fully saturated rings. The number of benzene rings is 2. The third-order valence-electron chi connectivity index (χ3n) is 4.21. The molecule has 2 amide bonds. The number of urea groups is 1. The number of rotatable bonds is 5. The molecule has 0 unspecified atom stereocenters. The average Bonchev–Trinajstić information content (AvgIpc) is 2.78. The van der Waals surface area contributed by atoms with Gasteiger partial charge in [0.1, 0.15) is 5.82 Å². The van der Waals surface area contributed by atoms with Crippen molar-refractivity contribution in [1.29, 1.82) is 0 Å². The molecular weight excluding hydrogens is 480 g/mol. The van der Waals surface area contributed by atoms with E-state index in [9.17, 15) is 4.79 Å². The van der Waals surface area contributed by atoms with Crippen LogP contribution in [0, 0.1) is 0 Å². The van der Waals surface area contributed by atoms with Crippen LogP contribution < -0.4 is 16.0 Å². The van der Waals surface area contributed by atoms with Crippen molar-refractivity contribution < 1.29 is 4.79 Å². The standard InChI is InChI=1S/C22H16BrClN6O/c23-16-12-15(24)13-25-21(16)26-18-8-4-5-9-19(18)27-22(31)28-20-11-10-17(29-30-20)14-6-2-1-3-7-14/h1-13H,(H,25,26)(H2,27,28,30,31).